The van der Waals surface area contributed by atoms with Crippen LogP contribution in [0.1, 0.15) is 42.7 Å². The van der Waals surface area contributed by atoms with Crippen LogP contribution in [0.3, 0.4) is 0 Å². The Kier molecular flexibility index (Phi) is 6.27. The van der Waals surface area contributed by atoms with Crippen molar-refractivity contribution in [1.29, 1.82) is 0 Å². The second-order valence-electron chi connectivity index (χ2n) is 6.86. The Morgan fingerprint density at radius 1 is 1.11 bits per heavy atom. The lowest BCUT2D eigenvalue weighted by Crippen LogP contribution is -2.46. The van der Waals surface area contributed by atoms with Crippen LogP contribution in [0.5, 0.6) is 0 Å². The second-order valence-corrected chi connectivity index (χ2v) is 9.80. The molecule has 2 fully saturated rings. The lowest BCUT2D eigenvalue weighted by Gasteiger charge is -2.35. The Morgan fingerprint density at radius 2 is 1.70 bits per heavy atom. The SMILES string of the molecule is O=S(=O)(C1CCNCC1)N1CCC(c2c(Cl)ncc(C(F)(F)F)c2Cl)CC1. The van der Waals surface area contributed by atoms with Crippen LogP contribution in [0.4, 0.5) is 13.2 Å². The van der Waals surface area contributed by atoms with Crippen molar-refractivity contribution in [3.05, 3.63) is 27.5 Å². The Morgan fingerprint density at radius 3 is 2.26 bits per heavy atom. The number of nitrogens with one attached hydrogen (secondary N) is 1. The topological polar surface area (TPSA) is 62.3 Å². The van der Waals surface area contributed by atoms with Gasteiger partial charge in [-0.2, -0.15) is 13.2 Å². The van der Waals surface area contributed by atoms with E-state index in [1.54, 1.807) is 0 Å². The van der Waals surface area contributed by atoms with Crippen molar-refractivity contribution in [2.75, 3.05) is 26.2 Å². The first-order valence-corrected chi connectivity index (χ1v) is 11.0. The summed E-state index contributed by atoms with van der Waals surface area (Å²) in [5.74, 6) is -0.362. The molecule has 0 saturated carbocycles. The van der Waals surface area contributed by atoms with E-state index in [0.717, 1.165) is 0 Å². The molecule has 11 heteroatoms. The van der Waals surface area contributed by atoms with Gasteiger partial charge in [-0.05, 0) is 44.7 Å². The van der Waals surface area contributed by atoms with Crippen molar-refractivity contribution < 1.29 is 21.6 Å². The van der Waals surface area contributed by atoms with Gasteiger partial charge in [0.2, 0.25) is 10.0 Å². The maximum absolute atomic E-state index is 13.1. The zero-order valence-electron chi connectivity index (χ0n) is 14.4. The quantitative estimate of drug-likeness (QED) is 0.720. The average molecular weight is 446 g/mol. The minimum atomic E-state index is -4.62. The summed E-state index contributed by atoms with van der Waals surface area (Å²) in [5, 5.41) is 2.23. The molecule has 5 nitrogen and oxygen atoms in total. The summed E-state index contributed by atoms with van der Waals surface area (Å²) in [6, 6.07) is 0. The fraction of sp³-hybridized carbons (Fsp3) is 0.688. The van der Waals surface area contributed by atoms with Crippen molar-refractivity contribution in [1.82, 2.24) is 14.6 Å². The van der Waals surface area contributed by atoms with Crippen LogP contribution >= 0.6 is 23.2 Å². The van der Waals surface area contributed by atoms with Gasteiger partial charge in [0, 0.05) is 24.8 Å². The summed E-state index contributed by atoms with van der Waals surface area (Å²) in [6.07, 6.45) is -2.15. The minimum Gasteiger partial charge on any atom is -0.317 e. The zero-order chi connectivity index (χ0) is 19.8. The van der Waals surface area contributed by atoms with Crippen molar-refractivity contribution >= 4 is 33.2 Å². The van der Waals surface area contributed by atoms with Gasteiger partial charge in [-0.15, -0.1) is 0 Å². The predicted molar refractivity (Wildman–Crippen MR) is 97.6 cm³/mol. The molecule has 2 aliphatic heterocycles. The molecule has 3 heterocycles. The predicted octanol–water partition coefficient (Wildman–Crippen LogP) is 3.67. The van der Waals surface area contributed by atoms with Gasteiger partial charge in [0.1, 0.15) is 5.15 Å². The van der Waals surface area contributed by atoms with Gasteiger partial charge < -0.3 is 5.32 Å². The van der Waals surface area contributed by atoms with Crippen LogP contribution in [0, 0.1) is 0 Å². The molecule has 0 bridgehead atoms. The van der Waals surface area contributed by atoms with E-state index < -0.39 is 32.0 Å². The molecular formula is C16H20Cl2F3N3O2S. The lowest BCUT2D eigenvalue weighted by molar-refractivity contribution is -0.137. The van der Waals surface area contributed by atoms with E-state index in [1.807, 2.05) is 0 Å². The molecule has 0 unspecified atom stereocenters. The van der Waals surface area contributed by atoms with E-state index >= 15 is 0 Å². The molecule has 0 atom stereocenters. The van der Waals surface area contributed by atoms with Crippen molar-refractivity contribution in [2.45, 2.75) is 43.0 Å². The van der Waals surface area contributed by atoms with Gasteiger partial charge in [-0.25, -0.2) is 17.7 Å². The highest BCUT2D eigenvalue weighted by atomic mass is 35.5. The Bertz CT molecular complexity index is 791. The highest BCUT2D eigenvalue weighted by molar-refractivity contribution is 7.89. The molecule has 1 aromatic heterocycles. The van der Waals surface area contributed by atoms with Gasteiger partial charge in [0.25, 0.3) is 0 Å². The Labute approximate surface area is 166 Å². The Balaban J connectivity index is 1.76. The molecule has 0 aliphatic carbocycles. The number of halogens is 5. The van der Waals surface area contributed by atoms with Crippen LogP contribution in [0.2, 0.25) is 10.2 Å². The standard InChI is InChI=1S/C16H20Cl2F3N3O2S/c17-14-12(16(19,20)21)9-23-15(18)13(14)10-3-7-24(8-4-10)27(25,26)11-1-5-22-6-2-11/h9-11,22H,1-8H2. The zero-order valence-corrected chi connectivity index (χ0v) is 16.7. The fourth-order valence-corrected chi connectivity index (χ4v) is 6.45. The summed E-state index contributed by atoms with van der Waals surface area (Å²) in [7, 11) is -3.41. The normalized spacial score (nSPS) is 21.5. The summed E-state index contributed by atoms with van der Waals surface area (Å²) >= 11 is 12.0. The molecule has 0 radical (unpaired) electrons. The number of rotatable bonds is 3. The number of piperidine rings is 2. The largest absolute Gasteiger partial charge is 0.419 e. The third kappa shape index (κ3) is 4.37. The van der Waals surface area contributed by atoms with Gasteiger partial charge in [-0.1, -0.05) is 23.2 Å². The van der Waals surface area contributed by atoms with Crippen LogP contribution in [0.15, 0.2) is 6.20 Å². The van der Waals surface area contributed by atoms with E-state index in [2.05, 4.69) is 10.3 Å². The number of aromatic nitrogens is 1. The maximum Gasteiger partial charge on any atom is 0.419 e. The van der Waals surface area contributed by atoms with Crippen LogP contribution in [-0.4, -0.2) is 49.1 Å². The van der Waals surface area contributed by atoms with E-state index in [0.29, 0.717) is 45.0 Å². The van der Waals surface area contributed by atoms with Crippen molar-refractivity contribution in [3.63, 3.8) is 0 Å². The Hall–Kier alpha value is -0.610. The van der Waals surface area contributed by atoms with Crippen LogP contribution < -0.4 is 5.32 Å². The summed E-state index contributed by atoms with van der Waals surface area (Å²) < 4.78 is 66.3. The maximum atomic E-state index is 13.1. The number of pyridine rings is 1. The van der Waals surface area contributed by atoms with Gasteiger partial charge in [0.15, 0.2) is 0 Å². The summed E-state index contributed by atoms with van der Waals surface area (Å²) in [4.78, 5) is 3.64. The molecule has 152 valence electrons. The first kappa shape index (κ1) is 21.1. The highest BCUT2D eigenvalue weighted by Crippen LogP contribution is 2.43. The smallest absolute Gasteiger partial charge is 0.317 e. The van der Waals surface area contributed by atoms with Gasteiger partial charge in [0.05, 0.1) is 15.8 Å². The first-order valence-electron chi connectivity index (χ1n) is 8.73. The molecule has 0 amide bonds. The third-order valence-corrected chi connectivity index (χ3v) is 8.34. The molecule has 0 spiro atoms. The van der Waals surface area contributed by atoms with E-state index in [-0.39, 0.29) is 29.7 Å². The number of alkyl halides is 3. The fourth-order valence-electron chi connectivity index (χ4n) is 3.73. The van der Waals surface area contributed by atoms with Crippen LogP contribution in [0.25, 0.3) is 0 Å². The minimum absolute atomic E-state index is 0.0623. The number of nitrogens with zero attached hydrogens (tertiary/aromatic N) is 2. The first-order chi connectivity index (χ1) is 12.6. The number of sulfonamides is 1. The van der Waals surface area contributed by atoms with E-state index in [4.69, 9.17) is 23.2 Å². The molecule has 27 heavy (non-hydrogen) atoms. The number of hydrogen-bond donors (Lipinski definition) is 1. The molecular weight excluding hydrogens is 426 g/mol. The van der Waals surface area contributed by atoms with Crippen molar-refractivity contribution in [2.24, 2.45) is 0 Å². The summed E-state index contributed by atoms with van der Waals surface area (Å²) in [6.45, 7) is 1.81. The van der Waals surface area contributed by atoms with Crippen LogP contribution in [-0.2, 0) is 16.2 Å². The van der Waals surface area contributed by atoms with Crippen molar-refractivity contribution in [3.8, 4) is 0 Å². The monoisotopic (exact) mass is 445 g/mol. The molecule has 2 aliphatic rings. The summed E-state index contributed by atoms with van der Waals surface area (Å²) in [5.41, 5.74) is -0.861. The lowest BCUT2D eigenvalue weighted by atomic mass is 9.90. The molecule has 1 N–H and O–H groups in total. The molecule has 1 aromatic rings. The average Bonchev–Trinajstić information content (AvgIpc) is 2.62. The van der Waals surface area contributed by atoms with E-state index in [9.17, 15) is 21.6 Å². The van der Waals surface area contributed by atoms with E-state index in [1.165, 1.54) is 4.31 Å². The number of hydrogen-bond acceptors (Lipinski definition) is 4. The highest BCUT2D eigenvalue weighted by Gasteiger charge is 2.39. The third-order valence-electron chi connectivity index (χ3n) is 5.24. The van der Waals surface area contributed by atoms with Gasteiger partial charge in [-0.3, -0.25) is 0 Å². The second kappa shape index (κ2) is 8.02. The molecule has 2 saturated heterocycles. The van der Waals surface area contributed by atoms with Gasteiger partial charge >= 0.3 is 6.18 Å². The molecule has 3 rings (SSSR count). The molecule has 0 aromatic carbocycles.